The number of halogens is 4. The molecule has 3 aromatic carbocycles. The summed E-state index contributed by atoms with van der Waals surface area (Å²) < 4.78 is 74.7. The number of alkyl halides is 3. The summed E-state index contributed by atoms with van der Waals surface area (Å²) in [6, 6.07) is 18.5. The fraction of sp³-hybridized carbons (Fsp3) is 0.276. The van der Waals surface area contributed by atoms with Gasteiger partial charge < -0.3 is 10.1 Å². The Balaban J connectivity index is 1.44. The molecule has 1 fully saturated rings. The number of rotatable bonds is 9. The van der Waals surface area contributed by atoms with Gasteiger partial charge in [-0.05, 0) is 42.8 Å². The maximum atomic E-state index is 13.3. The summed E-state index contributed by atoms with van der Waals surface area (Å²) in [6.07, 6.45) is -4.60. The molecule has 4 aromatic rings. The summed E-state index contributed by atoms with van der Waals surface area (Å²) in [7, 11) is -3.78. The highest BCUT2D eigenvalue weighted by atomic mass is 35.5. The number of carbonyl (C=O) groups excluding carboxylic acids is 1. The molecule has 2 heterocycles. The van der Waals surface area contributed by atoms with Crippen LogP contribution in [-0.4, -0.2) is 64.9 Å². The minimum atomic E-state index is -4.60. The predicted octanol–water partition coefficient (Wildman–Crippen LogP) is 5.81. The van der Waals surface area contributed by atoms with Gasteiger partial charge in [0.2, 0.25) is 15.9 Å². The van der Waals surface area contributed by atoms with E-state index in [1.165, 1.54) is 16.4 Å². The van der Waals surface area contributed by atoms with E-state index in [9.17, 15) is 26.4 Å². The molecule has 44 heavy (non-hydrogen) atoms. The number of hydrogen-bond donors (Lipinski definition) is 1. The Kier molecular flexibility index (Phi) is 9.65. The molecular formula is C29H27ClF3N5O4S2. The molecule has 0 saturated carbocycles. The quantitative estimate of drug-likeness (QED) is 0.225. The number of nitrogens with zero attached hydrogens (tertiary/aromatic N) is 4. The van der Waals surface area contributed by atoms with Crippen LogP contribution in [0.3, 0.4) is 0 Å². The van der Waals surface area contributed by atoms with E-state index in [-0.39, 0.29) is 28.7 Å². The summed E-state index contributed by atoms with van der Waals surface area (Å²) in [5.74, 6) is -0.213. The highest BCUT2D eigenvalue weighted by Gasteiger charge is 2.32. The highest BCUT2D eigenvalue weighted by Crippen LogP contribution is 2.35. The van der Waals surface area contributed by atoms with E-state index in [2.05, 4.69) is 15.5 Å². The van der Waals surface area contributed by atoms with Crippen LogP contribution in [0.2, 0.25) is 5.02 Å². The lowest BCUT2D eigenvalue weighted by Crippen LogP contribution is -2.40. The molecule has 1 unspecified atom stereocenters. The van der Waals surface area contributed by atoms with Gasteiger partial charge in [0.05, 0.1) is 46.2 Å². The van der Waals surface area contributed by atoms with Gasteiger partial charge in [-0.25, -0.2) is 8.42 Å². The van der Waals surface area contributed by atoms with Crippen molar-refractivity contribution in [2.75, 3.05) is 31.6 Å². The normalized spacial score (nSPS) is 15.2. The zero-order chi connectivity index (χ0) is 31.5. The first kappa shape index (κ1) is 32.0. The Hall–Kier alpha value is -3.43. The maximum absolute atomic E-state index is 13.3. The molecule has 1 aliphatic rings. The number of aromatic nitrogens is 3. The van der Waals surface area contributed by atoms with Crippen molar-refractivity contribution in [3.63, 3.8) is 0 Å². The second-order valence-electron chi connectivity index (χ2n) is 9.86. The monoisotopic (exact) mass is 665 g/mol. The van der Waals surface area contributed by atoms with Crippen LogP contribution in [0.4, 0.5) is 18.9 Å². The van der Waals surface area contributed by atoms with E-state index in [1.807, 2.05) is 30.3 Å². The fourth-order valence-corrected chi connectivity index (χ4v) is 6.94. The predicted molar refractivity (Wildman–Crippen MR) is 161 cm³/mol. The van der Waals surface area contributed by atoms with E-state index in [0.29, 0.717) is 36.3 Å². The van der Waals surface area contributed by atoms with Crippen LogP contribution in [0, 0.1) is 0 Å². The van der Waals surface area contributed by atoms with E-state index in [1.54, 1.807) is 23.6 Å². The highest BCUT2D eigenvalue weighted by molar-refractivity contribution is 8.00. The molecule has 1 N–H and O–H groups in total. The average Bonchev–Trinajstić information content (AvgIpc) is 3.40. The van der Waals surface area contributed by atoms with Gasteiger partial charge in [-0.1, -0.05) is 65.8 Å². The summed E-state index contributed by atoms with van der Waals surface area (Å²) in [5.41, 5.74) is 0.300. The van der Waals surface area contributed by atoms with Crippen molar-refractivity contribution in [3.05, 3.63) is 88.9 Å². The van der Waals surface area contributed by atoms with Crippen LogP contribution < -0.4 is 5.32 Å². The van der Waals surface area contributed by atoms with E-state index >= 15 is 0 Å². The third kappa shape index (κ3) is 7.26. The van der Waals surface area contributed by atoms with Gasteiger partial charge >= 0.3 is 6.18 Å². The molecular weight excluding hydrogens is 639 g/mol. The standard InChI is InChI=1S/C29H27ClF3N5O4S2/c1-19(27(39)34-25-17-22(29(31,32)33)10-11-24(25)30)43-28-36-35-26(38(28)18-20-6-3-2-4-7-20)21-8-5-9-23(16-21)44(40,41)37-12-14-42-15-13-37/h2-11,16-17,19H,12-15,18H2,1H3,(H,34,39). The number of nitrogens with one attached hydrogen (secondary N) is 1. The first-order chi connectivity index (χ1) is 20.9. The van der Waals surface area contributed by atoms with Crippen LogP contribution in [0.1, 0.15) is 18.1 Å². The Morgan fingerprint density at radius 2 is 1.77 bits per heavy atom. The zero-order valence-electron chi connectivity index (χ0n) is 23.3. The molecule has 1 atom stereocenters. The van der Waals surface area contributed by atoms with Gasteiger partial charge in [-0.3, -0.25) is 9.36 Å². The average molecular weight is 666 g/mol. The van der Waals surface area contributed by atoms with Crippen molar-refractivity contribution in [1.82, 2.24) is 19.1 Å². The number of benzene rings is 3. The van der Waals surface area contributed by atoms with E-state index < -0.39 is 32.9 Å². The van der Waals surface area contributed by atoms with Crippen LogP contribution in [0.15, 0.2) is 82.8 Å². The molecule has 5 rings (SSSR count). The SMILES string of the molecule is CC(Sc1nnc(-c2cccc(S(=O)(=O)N3CCOCC3)c2)n1Cc1ccccc1)C(=O)Nc1cc(C(F)(F)F)ccc1Cl. The lowest BCUT2D eigenvalue weighted by atomic mass is 10.2. The molecule has 0 radical (unpaired) electrons. The number of morpholine rings is 1. The summed E-state index contributed by atoms with van der Waals surface area (Å²) in [5, 5.41) is 10.6. The van der Waals surface area contributed by atoms with Crippen molar-refractivity contribution in [2.24, 2.45) is 0 Å². The molecule has 9 nitrogen and oxygen atoms in total. The van der Waals surface area contributed by atoms with Crippen molar-refractivity contribution in [2.45, 2.75) is 34.9 Å². The molecule has 15 heteroatoms. The summed E-state index contributed by atoms with van der Waals surface area (Å²) in [6.45, 7) is 3.03. The molecule has 1 saturated heterocycles. The number of anilines is 1. The number of carbonyl (C=O) groups is 1. The van der Waals surface area contributed by atoms with Gasteiger partial charge in [0.1, 0.15) is 0 Å². The van der Waals surface area contributed by atoms with Gasteiger partial charge in [-0.2, -0.15) is 17.5 Å². The zero-order valence-corrected chi connectivity index (χ0v) is 25.7. The minimum Gasteiger partial charge on any atom is -0.379 e. The molecule has 0 spiro atoms. The minimum absolute atomic E-state index is 0.0370. The molecule has 0 aliphatic carbocycles. The Labute approximate surface area is 261 Å². The van der Waals surface area contributed by atoms with Crippen molar-refractivity contribution < 1.29 is 31.1 Å². The third-order valence-electron chi connectivity index (χ3n) is 6.80. The van der Waals surface area contributed by atoms with Crippen LogP contribution in [-0.2, 0) is 32.3 Å². The first-order valence-corrected chi connectivity index (χ1v) is 16.1. The molecule has 1 amide bonds. The van der Waals surface area contributed by atoms with Crippen molar-refractivity contribution in [3.8, 4) is 11.4 Å². The fourth-order valence-electron chi connectivity index (χ4n) is 4.47. The molecule has 1 aliphatic heterocycles. The Morgan fingerprint density at radius 1 is 1.05 bits per heavy atom. The van der Waals surface area contributed by atoms with E-state index in [0.717, 1.165) is 35.5 Å². The second kappa shape index (κ2) is 13.3. The first-order valence-electron chi connectivity index (χ1n) is 13.4. The number of hydrogen-bond acceptors (Lipinski definition) is 7. The molecule has 0 bridgehead atoms. The molecule has 232 valence electrons. The summed E-state index contributed by atoms with van der Waals surface area (Å²) in [4.78, 5) is 13.2. The van der Waals surface area contributed by atoms with Gasteiger partial charge in [0.25, 0.3) is 0 Å². The number of sulfonamides is 1. The smallest absolute Gasteiger partial charge is 0.379 e. The van der Waals surface area contributed by atoms with Crippen LogP contribution in [0.5, 0.6) is 0 Å². The van der Waals surface area contributed by atoms with E-state index in [4.69, 9.17) is 16.3 Å². The number of ether oxygens (including phenoxy) is 1. The maximum Gasteiger partial charge on any atom is 0.416 e. The number of amides is 1. The summed E-state index contributed by atoms with van der Waals surface area (Å²) >= 11 is 7.12. The van der Waals surface area contributed by atoms with Crippen molar-refractivity contribution >= 4 is 45.0 Å². The van der Waals surface area contributed by atoms with Crippen molar-refractivity contribution in [1.29, 1.82) is 0 Å². The van der Waals surface area contributed by atoms with Gasteiger partial charge in [-0.15, -0.1) is 10.2 Å². The van der Waals surface area contributed by atoms with Gasteiger partial charge in [0, 0.05) is 18.7 Å². The topological polar surface area (TPSA) is 106 Å². The van der Waals surface area contributed by atoms with Crippen LogP contribution >= 0.6 is 23.4 Å². The Morgan fingerprint density at radius 3 is 2.48 bits per heavy atom. The number of thioether (sulfide) groups is 1. The van der Waals surface area contributed by atoms with Crippen LogP contribution in [0.25, 0.3) is 11.4 Å². The molecule has 1 aromatic heterocycles. The lowest BCUT2D eigenvalue weighted by molar-refractivity contribution is -0.137. The third-order valence-corrected chi connectivity index (χ3v) is 10.1. The largest absolute Gasteiger partial charge is 0.416 e. The Bertz CT molecular complexity index is 1750. The lowest BCUT2D eigenvalue weighted by Gasteiger charge is -2.26. The second-order valence-corrected chi connectivity index (χ2v) is 13.5. The van der Waals surface area contributed by atoms with Gasteiger partial charge in [0.15, 0.2) is 11.0 Å².